The molecular weight excluding hydrogens is 262 g/mol. The third-order valence-corrected chi connectivity index (χ3v) is 3.02. The van der Waals surface area contributed by atoms with E-state index < -0.39 is 0 Å². The van der Waals surface area contributed by atoms with Crippen molar-refractivity contribution in [1.82, 2.24) is 10.1 Å². The molecule has 0 bridgehead atoms. The second-order valence-corrected chi connectivity index (χ2v) is 4.55. The molecule has 1 heterocycles. The topological polar surface area (TPSA) is 64.9 Å². The lowest BCUT2D eigenvalue weighted by Crippen LogP contribution is -1.95. The summed E-state index contributed by atoms with van der Waals surface area (Å²) >= 11 is 0. The number of rotatable bonds is 4. The zero-order valence-corrected chi connectivity index (χ0v) is 11.3. The maximum atomic E-state index is 5.56. The van der Waals surface area contributed by atoms with E-state index in [2.05, 4.69) is 16.2 Å². The van der Waals surface area contributed by atoms with Gasteiger partial charge in [-0.15, -0.1) is 12.4 Å². The molecule has 2 N–H and O–H groups in total. The van der Waals surface area contributed by atoms with Crippen LogP contribution in [0.5, 0.6) is 0 Å². The van der Waals surface area contributed by atoms with Gasteiger partial charge in [0.05, 0.1) is 0 Å². The highest BCUT2D eigenvalue weighted by atomic mass is 35.5. The second-order valence-electron chi connectivity index (χ2n) is 4.55. The van der Waals surface area contributed by atoms with Gasteiger partial charge in [-0.2, -0.15) is 4.98 Å². The molecule has 0 atom stereocenters. The van der Waals surface area contributed by atoms with Gasteiger partial charge in [0.25, 0.3) is 5.89 Å². The van der Waals surface area contributed by atoms with E-state index in [1.807, 2.05) is 30.3 Å². The van der Waals surface area contributed by atoms with Crippen molar-refractivity contribution >= 4 is 18.5 Å². The Morgan fingerprint density at radius 2 is 2.00 bits per heavy atom. The van der Waals surface area contributed by atoms with Crippen LogP contribution in [-0.2, 0) is 6.54 Å². The Morgan fingerprint density at radius 3 is 2.63 bits per heavy atom. The highest BCUT2D eigenvalue weighted by molar-refractivity contribution is 5.85. The van der Waals surface area contributed by atoms with Crippen LogP contribution in [0, 0.1) is 5.92 Å². The van der Waals surface area contributed by atoms with E-state index in [1.165, 1.54) is 12.8 Å². The first-order chi connectivity index (χ1) is 8.85. The fourth-order valence-electron chi connectivity index (χ4n) is 1.72. The fraction of sp³-hybridized carbons (Fsp3) is 0.286. The van der Waals surface area contributed by atoms with Crippen molar-refractivity contribution in [1.29, 1.82) is 0 Å². The molecule has 0 spiro atoms. The van der Waals surface area contributed by atoms with E-state index in [4.69, 9.17) is 10.3 Å². The van der Waals surface area contributed by atoms with Gasteiger partial charge in [0.2, 0.25) is 5.82 Å². The van der Waals surface area contributed by atoms with Gasteiger partial charge in [0, 0.05) is 12.1 Å². The van der Waals surface area contributed by atoms with Crippen molar-refractivity contribution in [3.8, 4) is 11.4 Å². The van der Waals surface area contributed by atoms with Gasteiger partial charge < -0.3 is 10.3 Å². The largest absolute Gasteiger partial charge is 0.334 e. The number of hydrogen-bond donors (Lipinski definition) is 1. The van der Waals surface area contributed by atoms with E-state index in [-0.39, 0.29) is 12.4 Å². The number of nitrogens with zero attached hydrogens (tertiary/aromatic N) is 2. The summed E-state index contributed by atoms with van der Waals surface area (Å²) in [5.74, 6) is 1.90. The molecule has 1 aromatic carbocycles. The molecule has 1 aromatic heterocycles. The smallest absolute Gasteiger partial charge is 0.250 e. The summed E-state index contributed by atoms with van der Waals surface area (Å²) in [6.07, 6.45) is 6.59. The average Bonchev–Trinajstić information content (AvgIpc) is 3.14. The van der Waals surface area contributed by atoms with Crippen LogP contribution in [0.2, 0.25) is 0 Å². The van der Waals surface area contributed by atoms with Gasteiger partial charge in [-0.05, 0) is 30.4 Å². The second kappa shape index (κ2) is 5.99. The van der Waals surface area contributed by atoms with Crippen molar-refractivity contribution in [3.63, 3.8) is 0 Å². The van der Waals surface area contributed by atoms with E-state index in [1.54, 1.807) is 0 Å². The summed E-state index contributed by atoms with van der Waals surface area (Å²) < 4.78 is 5.18. The van der Waals surface area contributed by atoms with Crippen LogP contribution >= 0.6 is 12.4 Å². The summed E-state index contributed by atoms with van der Waals surface area (Å²) in [5.41, 5.74) is 7.60. The number of hydrogen-bond acceptors (Lipinski definition) is 4. The van der Waals surface area contributed by atoms with Gasteiger partial charge in [0.15, 0.2) is 0 Å². The molecule has 1 aliphatic carbocycles. The molecule has 0 saturated heterocycles. The molecule has 0 amide bonds. The summed E-state index contributed by atoms with van der Waals surface area (Å²) in [7, 11) is 0. The van der Waals surface area contributed by atoms with Crippen LogP contribution in [0.3, 0.4) is 0 Å². The first kappa shape index (κ1) is 13.8. The van der Waals surface area contributed by atoms with Gasteiger partial charge >= 0.3 is 0 Å². The number of aromatic nitrogens is 2. The Morgan fingerprint density at radius 1 is 1.26 bits per heavy atom. The van der Waals surface area contributed by atoms with Crippen LogP contribution in [0.25, 0.3) is 17.5 Å². The van der Waals surface area contributed by atoms with Crippen molar-refractivity contribution in [2.75, 3.05) is 0 Å². The van der Waals surface area contributed by atoms with E-state index in [0.717, 1.165) is 11.1 Å². The molecule has 1 aliphatic rings. The van der Waals surface area contributed by atoms with Crippen LogP contribution in [-0.4, -0.2) is 10.1 Å². The predicted molar refractivity (Wildman–Crippen MR) is 76.6 cm³/mol. The minimum atomic E-state index is 0. The predicted octanol–water partition coefficient (Wildman–Crippen LogP) is 3.04. The quantitative estimate of drug-likeness (QED) is 0.933. The lowest BCUT2D eigenvalue weighted by Gasteiger charge is -1.97. The number of halogens is 1. The number of nitrogens with two attached hydrogens (primary N) is 1. The fourth-order valence-corrected chi connectivity index (χ4v) is 1.72. The molecule has 0 unspecified atom stereocenters. The molecule has 0 radical (unpaired) electrons. The molecule has 2 aromatic rings. The van der Waals surface area contributed by atoms with E-state index in [9.17, 15) is 0 Å². The Labute approximate surface area is 118 Å². The monoisotopic (exact) mass is 277 g/mol. The van der Waals surface area contributed by atoms with E-state index in [0.29, 0.717) is 24.2 Å². The van der Waals surface area contributed by atoms with Crippen molar-refractivity contribution < 1.29 is 4.52 Å². The third kappa shape index (κ3) is 3.43. The lowest BCUT2D eigenvalue weighted by atomic mass is 10.1. The molecule has 0 aliphatic heterocycles. The van der Waals surface area contributed by atoms with Crippen molar-refractivity contribution in [2.24, 2.45) is 11.7 Å². The summed E-state index contributed by atoms with van der Waals surface area (Å²) in [5, 5.41) is 3.97. The van der Waals surface area contributed by atoms with E-state index >= 15 is 0 Å². The van der Waals surface area contributed by atoms with Gasteiger partial charge in [-0.3, -0.25) is 0 Å². The maximum Gasteiger partial charge on any atom is 0.250 e. The number of allylic oxidation sites excluding steroid dienone is 1. The summed E-state index contributed by atoms with van der Waals surface area (Å²) in [6.45, 7) is 0.544. The maximum absolute atomic E-state index is 5.56. The van der Waals surface area contributed by atoms with Crippen LogP contribution < -0.4 is 5.73 Å². The molecule has 100 valence electrons. The van der Waals surface area contributed by atoms with Crippen molar-refractivity contribution in [2.45, 2.75) is 19.4 Å². The highest BCUT2D eigenvalue weighted by Crippen LogP contribution is 2.30. The minimum Gasteiger partial charge on any atom is -0.334 e. The first-order valence-electron chi connectivity index (χ1n) is 6.16. The molecule has 3 rings (SSSR count). The van der Waals surface area contributed by atoms with Gasteiger partial charge in [0.1, 0.15) is 0 Å². The number of benzene rings is 1. The zero-order chi connectivity index (χ0) is 12.4. The SMILES string of the molecule is Cl.NCc1ccc(-c2noc(/C=C/C3CC3)n2)cc1. The summed E-state index contributed by atoms with van der Waals surface area (Å²) in [4.78, 5) is 4.34. The normalized spacial score (nSPS) is 14.6. The highest BCUT2D eigenvalue weighted by Gasteiger charge is 2.17. The molecule has 1 saturated carbocycles. The molecule has 19 heavy (non-hydrogen) atoms. The van der Waals surface area contributed by atoms with Crippen LogP contribution in [0.1, 0.15) is 24.3 Å². The molecule has 5 heteroatoms. The first-order valence-corrected chi connectivity index (χ1v) is 6.16. The third-order valence-electron chi connectivity index (χ3n) is 3.02. The Hall–Kier alpha value is -1.65. The van der Waals surface area contributed by atoms with Crippen molar-refractivity contribution in [3.05, 3.63) is 41.8 Å². The van der Waals surface area contributed by atoms with Crippen LogP contribution in [0.4, 0.5) is 0 Å². The zero-order valence-electron chi connectivity index (χ0n) is 10.5. The lowest BCUT2D eigenvalue weighted by molar-refractivity contribution is 0.411. The average molecular weight is 278 g/mol. The van der Waals surface area contributed by atoms with Gasteiger partial charge in [-0.25, -0.2) is 0 Å². The molecule has 4 nitrogen and oxygen atoms in total. The molecular formula is C14H16ClN3O. The Balaban J connectivity index is 0.00000133. The minimum absolute atomic E-state index is 0. The molecule has 1 fully saturated rings. The standard InChI is InChI=1S/C14H15N3O.ClH/c15-9-11-3-6-12(7-4-11)14-16-13(18-17-14)8-5-10-1-2-10;/h3-8,10H,1-2,9,15H2;1H/b8-5+;. The summed E-state index contributed by atoms with van der Waals surface area (Å²) in [6, 6.07) is 7.87. The van der Waals surface area contributed by atoms with Gasteiger partial charge in [-0.1, -0.05) is 35.5 Å². The Bertz CT molecular complexity index is 558. The Kier molecular flexibility index (Phi) is 4.35. The van der Waals surface area contributed by atoms with Crippen LogP contribution in [0.15, 0.2) is 34.9 Å².